The summed E-state index contributed by atoms with van der Waals surface area (Å²) >= 11 is 0. The van der Waals surface area contributed by atoms with Gasteiger partial charge in [-0.15, -0.1) is 0 Å². The van der Waals surface area contributed by atoms with Crippen molar-refractivity contribution < 1.29 is 4.79 Å². The van der Waals surface area contributed by atoms with E-state index >= 15 is 0 Å². The lowest BCUT2D eigenvalue weighted by molar-refractivity contribution is 0.0995. The monoisotopic (exact) mass is 220 g/mol. The van der Waals surface area contributed by atoms with Crippen LogP contribution in [0.15, 0.2) is 18.2 Å². The van der Waals surface area contributed by atoms with E-state index in [2.05, 4.69) is 15.2 Å². The molecule has 5 nitrogen and oxygen atoms in total. The molecule has 0 unspecified atom stereocenters. The Balaban J connectivity index is 2.18. The van der Waals surface area contributed by atoms with Gasteiger partial charge in [0.15, 0.2) is 0 Å². The van der Waals surface area contributed by atoms with Crippen LogP contribution in [0.4, 0.5) is 5.82 Å². The van der Waals surface area contributed by atoms with E-state index in [0.717, 1.165) is 25.3 Å². The molecule has 1 amide bonds. The van der Waals surface area contributed by atoms with Gasteiger partial charge in [0.1, 0.15) is 11.5 Å². The number of hydrogen-bond donors (Lipinski definition) is 2. The molecule has 2 rings (SSSR count). The summed E-state index contributed by atoms with van der Waals surface area (Å²) in [7, 11) is 1.99. The van der Waals surface area contributed by atoms with Crippen molar-refractivity contribution in [2.24, 2.45) is 5.73 Å². The van der Waals surface area contributed by atoms with Crippen LogP contribution in [-0.4, -0.2) is 37.1 Å². The highest BCUT2D eigenvalue weighted by Gasteiger charge is 2.20. The van der Waals surface area contributed by atoms with Gasteiger partial charge in [0, 0.05) is 19.6 Å². The fourth-order valence-electron chi connectivity index (χ4n) is 1.91. The van der Waals surface area contributed by atoms with Crippen LogP contribution in [-0.2, 0) is 0 Å². The summed E-state index contributed by atoms with van der Waals surface area (Å²) in [6, 6.07) is 5.77. The maximum absolute atomic E-state index is 11.0. The molecule has 1 aromatic rings. The summed E-state index contributed by atoms with van der Waals surface area (Å²) in [6.07, 6.45) is 1.10. The van der Waals surface area contributed by atoms with E-state index in [1.165, 1.54) is 0 Å². The number of nitrogens with zero attached hydrogens (tertiary/aromatic N) is 2. The molecular formula is C11H16N4O. The van der Waals surface area contributed by atoms with Gasteiger partial charge in [-0.1, -0.05) is 6.07 Å². The first kappa shape index (κ1) is 10.9. The van der Waals surface area contributed by atoms with Crippen molar-refractivity contribution in [2.75, 3.05) is 25.0 Å². The van der Waals surface area contributed by atoms with Crippen LogP contribution in [0.3, 0.4) is 0 Å². The topological polar surface area (TPSA) is 71.2 Å². The normalized spacial score (nSPS) is 19.7. The van der Waals surface area contributed by atoms with Gasteiger partial charge >= 0.3 is 0 Å². The molecule has 1 aliphatic heterocycles. The maximum Gasteiger partial charge on any atom is 0.267 e. The fraction of sp³-hybridized carbons (Fsp3) is 0.455. The third-order valence-electron chi connectivity index (χ3n) is 2.93. The van der Waals surface area contributed by atoms with Gasteiger partial charge in [0.2, 0.25) is 0 Å². The summed E-state index contributed by atoms with van der Waals surface area (Å²) in [6.45, 7) is 1.99. The van der Waals surface area contributed by atoms with Crippen molar-refractivity contribution in [3.63, 3.8) is 0 Å². The fourth-order valence-corrected chi connectivity index (χ4v) is 1.91. The van der Waals surface area contributed by atoms with Crippen LogP contribution in [0.1, 0.15) is 16.9 Å². The van der Waals surface area contributed by atoms with E-state index in [0.29, 0.717) is 11.7 Å². The smallest absolute Gasteiger partial charge is 0.267 e. The number of carbonyl (C=O) groups excluding carboxylic acids is 1. The summed E-state index contributed by atoms with van der Waals surface area (Å²) in [4.78, 5) is 17.4. The predicted molar refractivity (Wildman–Crippen MR) is 62.4 cm³/mol. The number of nitrogens with two attached hydrogens (primary N) is 1. The van der Waals surface area contributed by atoms with E-state index in [4.69, 9.17) is 5.73 Å². The van der Waals surface area contributed by atoms with Gasteiger partial charge in [-0.05, 0) is 25.1 Å². The first-order valence-electron chi connectivity index (χ1n) is 5.39. The lowest BCUT2D eigenvalue weighted by Gasteiger charge is -2.24. The standard InChI is InChI=1S/C11H16N4O/c1-15(8-5-6-13-7-8)10-4-2-3-9(14-10)11(12)16/h2-4,8,13H,5-7H2,1H3,(H2,12,16)/t8-/m0/s1. The molecule has 86 valence electrons. The molecule has 0 aliphatic carbocycles. The van der Waals surface area contributed by atoms with Crippen molar-refractivity contribution in [1.29, 1.82) is 0 Å². The molecule has 5 heteroatoms. The minimum Gasteiger partial charge on any atom is -0.364 e. The second-order valence-electron chi connectivity index (χ2n) is 4.00. The molecule has 0 bridgehead atoms. The van der Waals surface area contributed by atoms with Gasteiger partial charge in [0.25, 0.3) is 5.91 Å². The second-order valence-corrected chi connectivity index (χ2v) is 4.00. The molecular weight excluding hydrogens is 204 g/mol. The van der Waals surface area contributed by atoms with E-state index in [9.17, 15) is 4.79 Å². The minimum atomic E-state index is -0.486. The van der Waals surface area contributed by atoms with Crippen molar-refractivity contribution >= 4 is 11.7 Å². The van der Waals surface area contributed by atoms with Gasteiger partial charge < -0.3 is 16.0 Å². The predicted octanol–water partition coefficient (Wildman–Crippen LogP) is -0.0214. The Morgan fingerprint density at radius 2 is 2.44 bits per heavy atom. The van der Waals surface area contributed by atoms with Gasteiger partial charge in [-0.2, -0.15) is 0 Å². The molecule has 0 spiro atoms. The van der Waals surface area contributed by atoms with Crippen LogP contribution in [0.2, 0.25) is 0 Å². The molecule has 2 heterocycles. The number of anilines is 1. The zero-order chi connectivity index (χ0) is 11.5. The zero-order valence-electron chi connectivity index (χ0n) is 9.31. The summed E-state index contributed by atoms with van der Waals surface area (Å²) in [5.74, 6) is 0.310. The quantitative estimate of drug-likeness (QED) is 0.751. The third-order valence-corrected chi connectivity index (χ3v) is 2.93. The number of rotatable bonds is 3. The third kappa shape index (κ3) is 2.14. The molecule has 1 aliphatic rings. The number of likely N-dealkylation sites (N-methyl/N-ethyl adjacent to an activating group) is 1. The van der Waals surface area contributed by atoms with E-state index < -0.39 is 5.91 Å². The van der Waals surface area contributed by atoms with Crippen LogP contribution < -0.4 is 16.0 Å². The molecule has 1 aromatic heterocycles. The molecule has 1 atom stereocenters. The number of hydrogen-bond acceptors (Lipinski definition) is 4. The Kier molecular flexibility index (Phi) is 3.05. The maximum atomic E-state index is 11.0. The van der Waals surface area contributed by atoms with E-state index in [-0.39, 0.29) is 0 Å². The number of pyridine rings is 1. The van der Waals surface area contributed by atoms with E-state index in [1.54, 1.807) is 12.1 Å². The highest BCUT2D eigenvalue weighted by molar-refractivity contribution is 5.91. The summed E-state index contributed by atoms with van der Waals surface area (Å²) in [5.41, 5.74) is 5.52. The first-order chi connectivity index (χ1) is 7.68. The Bertz CT molecular complexity index is 387. The molecule has 3 N–H and O–H groups in total. The zero-order valence-corrected chi connectivity index (χ0v) is 9.31. The molecule has 1 saturated heterocycles. The Labute approximate surface area is 94.6 Å². The van der Waals surface area contributed by atoms with Gasteiger partial charge in [0.05, 0.1) is 0 Å². The molecule has 0 aromatic carbocycles. The Morgan fingerprint density at radius 3 is 3.06 bits per heavy atom. The molecule has 0 radical (unpaired) electrons. The summed E-state index contributed by atoms with van der Waals surface area (Å²) in [5, 5.41) is 3.30. The number of primary amides is 1. The van der Waals surface area contributed by atoms with Crippen LogP contribution in [0, 0.1) is 0 Å². The molecule has 1 fully saturated rings. The minimum absolute atomic E-state index is 0.315. The van der Waals surface area contributed by atoms with Gasteiger partial charge in [-0.25, -0.2) is 4.98 Å². The SMILES string of the molecule is CN(c1cccc(C(N)=O)n1)[C@H]1CCNC1. The highest BCUT2D eigenvalue weighted by atomic mass is 16.1. The van der Waals surface area contributed by atoms with Crippen LogP contribution in [0.5, 0.6) is 0 Å². The molecule has 0 saturated carbocycles. The summed E-state index contributed by atoms with van der Waals surface area (Å²) < 4.78 is 0. The number of aromatic nitrogens is 1. The van der Waals surface area contributed by atoms with Crippen molar-refractivity contribution in [3.05, 3.63) is 23.9 Å². The highest BCUT2D eigenvalue weighted by Crippen LogP contribution is 2.16. The largest absolute Gasteiger partial charge is 0.364 e. The van der Waals surface area contributed by atoms with Crippen molar-refractivity contribution in [1.82, 2.24) is 10.3 Å². The lowest BCUT2D eigenvalue weighted by atomic mass is 10.2. The average Bonchev–Trinajstić information content (AvgIpc) is 2.81. The average molecular weight is 220 g/mol. The molecule has 16 heavy (non-hydrogen) atoms. The Morgan fingerprint density at radius 1 is 1.62 bits per heavy atom. The number of nitrogens with one attached hydrogen (secondary N) is 1. The Hall–Kier alpha value is -1.62. The van der Waals surface area contributed by atoms with E-state index in [1.807, 2.05) is 13.1 Å². The van der Waals surface area contributed by atoms with Crippen LogP contribution >= 0.6 is 0 Å². The van der Waals surface area contributed by atoms with Gasteiger partial charge in [-0.3, -0.25) is 4.79 Å². The lowest BCUT2D eigenvalue weighted by Crippen LogP contribution is -2.34. The second kappa shape index (κ2) is 4.49. The van der Waals surface area contributed by atoms with Crippen LogP contribution in [0.25, 0.3) is 0 Å². The van der Waals surface area contributed by atoms with Crippen molar-refractivity contribution in [3.8, 4) is 0 Å². The number of amides is 1. The van der Waals surface area contributed by atoms with Crippen molar-refractivity contribution in [2.45, 2.75) is 12.5 Å². The first-order valence-corrected chi connectivity index (χ1v) is 5.39. The number of carbonyl (C=O) groups is 1.